The fourth-order valence-corrected chi connectivity index (χ4v) is 1.59. The monoisotopic (exact) mass is 210 g/mol. The predicted octanol–water partition coefficient (Wildman–Crippen LogP) is 0.916. The van der Waals surface area contributed by atoms with Crippen molar-refractivity contribution in [2.24, 2.45) is 0 Å². The summed E-state index contributed by atoms with van der Waals surface area (Å²) in [5, 5.41) is 0. The number of aromatic nitrogens is 1. The number of hydrogen-bond donors (Lipinski definition) is 0. The molecule has 0 saturated heterocycles. The average Bonchev–Trinajstić information content (AvgIpc) is 2.45. The van der Waals surface area contributed by atoms with Crippen LogP contribution < -0.4 is 0 Å². The van der Waals surface area contributed by atoms with E-state index in [0.717, 1.165) is 4.90 Å². The minimum atomic E-state index is -0.307. The lowest BCUT2D eigenvalue weighted by Gasteiger charge is -2.10. The Hall–Kier alpha value is -1.42. The third-order valence-electron chi connectivity index (χ3n) is 2.08. The molecule has 72 valence electrons. The zero-order valence-corrected chi connectivity index (χ0v) is 7.99. The Balaban J connectivity index is 2.43. The third-order valence-corrected chi connectivity index (χ3v) is 2.25. The van der Waals surface area contributed by atoms with Crippen molar-refractivity contribution in [1.29, 1.82) is 0 Å². The van der Waals surface area contributed by atoms with Crippen LogP contribution in [0, 0.1) is 0 Å². The molecule has 0 N–H and O–H groups in total. The van der Waals surface area contributed by atoms with Gasteiger partial charge in [0.25, 0.3) is 11.8 Å². The van der Waals surface area contributed by atoms with E-state index in [0.29, 0.717) is 11.1 Å². The summed E-state index contributed by atoms with van der Waals surface area (Å²) in [7, 11) is 0. The molecule has 2 amide bonds. The van der Waals surface area contributed by atoms with Crippen LogP contribution in [0.2, 0.25) is 0 Å². The van der Waals surface area contributed by atoms with Gasteiger partial charge in [0.1, 0.15) is 0 Å². The van der Waals surface area contributed by atoms with E-state index in [1.807, 2.05) is 0 Å². The molecular weight excluding hydrogens is 204 g/mol. The molecule has 0 fully saturated rings. The highest BCUT2D eigenvalue weighted by Crippen LogP contribution is 2.20. The van der Waals surface area contributed by atoms with Gasteiger partial charge in [-0.15, -0.1) is 11.6 Å². The van der Waals surface area contributed by atoms with E-state index in [1.165, 1.54) is 12.4 Å². The number of hydrogen-bond acceptors (Lipinski definition) is 3. The van der Waals surface area contributed by atoms with Crippen molar-refractivity contribution in [1.82, 2.24) is 9.88 Å². The van der Waals surface area contributed by atoms with Gasteiger partial charge < -0.3 is 0 Å². The number of alkyl halides is 1. The van der Waals surface area contributed by atoms with Crippen LogP contribution in [0.5, 0.6) is 0 Å². The summed E-state index contributed by atoms with van der Waals surface area (Å²) in [6, 6.07) is 1.55. The Morgan fingerprint density at radius 2 is 2.00 bits per heavy atom. The minimum Gasteiger partial charge on any atom is -0.273 e. The summed E-state index contributed by atoms with van der Waals surface area (Å²) in [4.78, 5) is 28.2. The van der Waals surface area contributed by atoms with Crippen molar-refractivity contribution in [2.75, 3.05) is 12.4 Å². The van der Waals surface area contributed by atoms with Gasteiger partial charge in [0.2, 0.25) is 0 Å². The lowest BCUT2D eigenvalue weighted by molar-refractivity contribution is 0.0664. The van der Waals surface area contributed by atoms with E-state index in [2.05, 4.69) is 4.98 Å². The maximum absolute atomic E-state index is 11.6. The van der Waals surface area contributed by atoms with Gasteiger partial charge in [-0.3, -0.25) is 19.5 Å². The highest BCUT2D eigenvalue weighted by Gasteiger charge is 2.34. The number of fused-ring (bicyclic) bond motifs is 1. The minimum absolute atomic E-state index is 0.244. The molecule has 2 heterocycles. The predicted molar refractivity (Wildman–Crippen MR) is 50.3 cm³/mol. The van der Waals surface area contributed by atoms with Crippen LogP contribution in [-0.2, 0) is 0 Å². The molecule has 1 aromatic heterocycles. The Bertz CT molecular complexity index is 371. The van der Waals surface area contributed by atoms with Crippen LogP contribution in [0.25, 0.3) is 0 Å². The second kappa shape index (κ2) is 3.38. The van der Waals surface area contributed by atoms with Crippen LogP contribution in [0.1, 0.15) is 20.7 Å². The molecule has 0 saturated carbocycles. The summed E-state index contributed by atoms with van der Waals surface area (Å²) in [5.41, 5.74) is 0.776. The number of pyridine rings is 1. The number of nitrogens with zero attached hydrogens (tertiary/aromatic N) is 2. The molecule has 1 aliphatic rings. The summed E-state index contributed by atoms with van der Waals surface area (Å²) >= 11 is 5.49. The largest absolute Gasteiger partial charge is 0.273 e. The maximum Gasteiger partial charge on any atom is 0.263 e. The summed E-state index contributed by atoms with van der Waals surface area (Å²) in [6.07, 6.45) is 2.90. The van der Waals surface area contributed by atoms with Crippen molar-refractivity contribution in [3.63, 3.8) is 0 Å². The fraction of sp³-hybridized carbons (Fsp3) is 0.222. The van der Waals surface area contributed by atoms with Gasteiger partial charge in [0, 0.05) is 24.8 Å². The van der Waals surface area contributed by atoms with Crippen molar-refractivity contribution in [3.8, 4) is 0 Å². The van der Waals surface area contributed by atoms with Gasteiger partial charge in [-0.25, -0.2) is 0 Å². The number of imide groups is 1. The first-order chi connectivity index (χ1) is 6.75. The first-order valence-electron chi connectivity index (χ1n) is 4.12. The van der Waals surface area contributed by atoms with E-state index in [9.17, 15) is 9.59 Å². The van der Waals surface area contributed by atoms with Gasteiger partial charge in [-0.2, -0.15) is 0 Å². The van der Waals surface area contributed by atoms with Crippen LogP contribution in [0.4, 0.5) is 0 Å². The Labute approximate surface area is 85.5 Å². The number of carbonyl (C=O) groups is 2. The Morgan fingerprint density at radius 1 is 1.29 bits per heavy atom. The molecule has 4 nitrogen and oxygen atoms in total. The van der Waals surface area contributed by atoms with Gasteiger partial charge in [0.15, 0.2) is 0 Å². The molecule has 0 aromatic carbocycles. The van der Waals surface area contributed by atoms with Crippen molar-refractivity contribution in [3.05, 3.63) is 29.6 Å². The Kier molecular flexibility index (Phi) is 2.21. The normalized spacial score (nSPS) is 14.8. The molecule has 0 aliphatic carbocycles. The molecule has 0 atom stereocenters. The highest BCUT2D eigenvalue weighted by atomic mass is 35.5. The van der Waals surface area contributed by atoms with Crippen molar-refractivity contribution in [2.45, 2.75) is 0 Å². The molecule has 5 heteroatoms. The standard InChI is InChI=1S/C9H7ClN2O2/c10-2-4-12-8(13)6-1-3-11-5-7(6)9(12)14/h1,3,5H,2,4H2. The molecule has 1 aromatic rings. The van der Waals surface area contributed by atoms with Crippen LogP contribution in [0.3, 0.4) is 0 Å². The molecule has 0 radical (unpaired) electrons. The number of halogens is 1. The molecular formula is C9H7ClN2O2. The quantitative estimate of drug-likeness (QED) is 0.539. The van der Waals surface area contributed by atoms with Gasteiger partial charge in [-0.05, 0) is 6.07 Å². The fourth-order valence-electron chi connectivity index (χ4n) is 1.42. The van der Waals surface area contributed by atoms with E-state index < -0.39 is 0 Å². The number of carbonyl (C=O) groups excluding carboxylic acids is 2. The van der Waals surface area contributed by atoms with Gasteiger partial charge in [-0.1, -0.05) is 0 Å². The molecule has 2 rings (SSSR count). The summed E-state index contributed by atoms with van der Waals surface area (Å²) in [6.45, 7) is 0.244. The lowest BCUT2D eigenvalue weighted by Crippen LogP contribution is -2.31. The molecule has 0 unspecified atom stereocenters. The first kappa shape index (κ1) is 9.15. The topological polar surface area (TPSA) is 50.3 Å². The number of amides is 2. The van der Waals surface area contributed by atoms with Gasteiger partial charge >= 0.3 is 0 Å². The SMILES string of the molecule is O=C1c2ccncc2C(=O)N1CCCl. The van der Waals surface area contributed by atoms with Crippen molar-refractivity contribution < 1.29 is 9.59 Å². The molecule has 0 bridgehead atoms. The summed E-state index contributed by atoms with van der Waals surface area (Å²) < 4.78 is 0. The molecule has 14 heavy (non-hydrogen) atoms. The molecule has 0 spiro atoms. The smallest absolute Gasteiger partial charge is 0.263 e. The molecule has 1 aliphatic heterocycles. The van der Waals surface area contributed by atoms with Crippen LogP contribution in [0.15, 0.2) is 18.5 Å². The maximum atomic E-state index is 11.6. The van der Waals surface area contributed by atoms with E-state index in [-0.39, 0.29) is 24.2 Å². The summed E-state index contributed by atoms with van der Waals surface area (Å²) in [5.74, 6) is -0.342. The number of rotatable bonds is 2. The van der Waals surface area contributed by atoms with E-state index >= 15 is 0 Å². The van der Waals surface area contributed by atoms with Crippen LogP contribution in [-0.4, -0.2) is 34.1 Å². The zero-order valence-electron chi connectivity index (χ0n) is 7.24. The second-order valence-electron chi connectivity index (χ2n) is 2.87. The highest BCUT2D eigenvalue weighted by molar-refractivity contribution is 6.22. The van der Waals surface area contributed by atoms with Crippen LogP contribution >= 0.6 is 11.6 Å². The lowest BCUT2D eigenvalue weighted by atomic mass is 10.2. The van der Waals surface area contributed by atoms with Gasteiger partial charge in [0.05, 0.1) is 11.1 Å². The second-order valence-corrected chi connectivity index (χ2v) is 3.25. The zero-order chi connectivity index (χ0) is 10.1. The van der Waals surface area contributed by atoms with Crippen molar-refractivity contribution >= 4 is 23.4 Å². The average molecular weight is 211 g/mol. The van der Waals surface area contributed by atoms with E-state index in [1.54, 1.807) is 6.07 Å². The first-order valence-corrected chi connectivity index (χ1v) is 4.65. The van der Waals surface area contributed by atoms with E-state index in [4.69, 9.17) is 11.6 Å². The third kappa shape index (κ3) is 1.19. The Morgan fingerprint density at radius 3 is 2.64 bits per heavy atom.